The number of carbonyl (C=O) groups excluding carboxylic acids is 1. The van der Waals surface area contributed by atoms with Crippen molar-refractivity contribution < 1.29 is 4.79 Å². The summed E-state index contributed by atoms with van der Waals surface area (Å²) in [4.78, 5) is 12.9. The van der Waals surface area contributed by atoms with Gasteiger partial charge in [0.2, 0.25) is 0 Å². The van der Waals surface area contributed by atoms with Gasteiger partial charge in [-0.2, -0.15) is 5.10 Å². The maximum atomic E-state index is 12.9. The SMILES string of the molecule is Cc1c(C(=O)N[C@@H](C)c2cccc3ccccc23)cnn1-c1ccc(Cl)c(Cl)c1. The number of nitrogens with one attached hydrogen (secondary N) is 1. The number of benzene rings is 3. The minimum absolute atomic E-state index is 0.152. The monoisotopic (exact) mass is 423 g/mol. The number of aromatic nitrogens is 2. The summed E-state index contributed by atoms with van der Waals surface area (Å²) in [5.74, 6) is -0.172. The average Bonchev–Trinajstić information content (AvgIpc) is 3.11. The minimum Gasteiger partial charge on any atom is -0.345 e. The van der Waals surface area contributed by atoms with E-state index in [0.717, 1.165) is 27.7 Å². The van der Waals surface area contributed by atoms with Gasteiger partial charge in [-0.05, 0) is 48.4 Å². The molecule has 0 bridgehead atoms. The zero-order valence-corrected chi connectivity index (χ0v) is 17.5. The normalized spacial score (nSPS) is 12.1. The molecule has 4 aromatic rings. The second kappa shape index (κ2) is 7.90. The molecule has 146 valence electrons. The first-order valence-corrected chi connectivity index (χ1v) is 10.00. The summed E-state index contributed by atoms with van der Waals surface area (Å²) in [6, 6.07) is 19.4. The van der Waals surface area contributed by atoms with Crippen molar-refractivity contribution in [3.05, 3.63) is 93.7 Å². The summed E-state index contributed by atoms with van der Waals surface area (Å²) in [6.45, 7) is 3.84. The fraction of sp³-hybridized carbons (Fsp3) is 0.130. The highest BCUT2D eigenvalue weighted by atomic mass is 35.5. The highest BCUT2D eigenvalue weighted by Gasteiger charge is 2.19. The van der Waals surface area contributed by atoms with Gasteiger partial charge in [0.25, 0.3) is 5.91 Å². The Balaban J connectivity index is 1.60. The summed E-state index contributed by atoms with van der Waals surface area (Å²) in [5.41, 5.74) is 3.07. The topological polar surface area (TPSA) is 46.9 Å². The van der Waals surface area contributed by atoms with Crippen molar-refractivity contribution >= 4 is 39.9 Å². The number of amides is 1. The van der Waals surface area contributed by atoms with E-state index in [9.17, 15) is 4.79 Å². The van der Waals surface area contributed by atoms with E-state index in [2.05, 4.69) is 28.6 Å². The van der Waals surface area contributed by atoms with Crippen molar-refractivity contribution in [2.75, 3.05) is 0 Å². The first-order valence-electron chi connectivity index (χ1n) is 9.24. The molecule has 0 aliphatic carbocycles. The van der Waals surface area contributed by atoms with Crippen LogP contribution in [0.15, 0.2) is 66.9 Å². The number of halogens is 2. The Morgan fingerprint density at radius 2 is 1.79 bits per heavy atom. The van der Waals surface area contributed by atoms with Crippen LogP contribution in [-0.4, -0.2) is 15.7 Å². The first kappa shape index (κ1) is 19.5. The van der Waals surface area contributed by atoms with E-state index >= 15 is 0 Å². The molecule has 4 rings (SSSR count). The minimum atomic E-state index is -0.172. The molecule has 0 aliphatic rings. The van der Waals surface area contributed by atoms with Gasteiger partial charge in [0.1, 0.15) is 0 Å². The zero-order chi connectivity index (χ0) is 20.5. The summed E-state index contributed by atoms with van der Waals surface area (Å²) in [7, 11) is 0. The molecule has 1 atom stereocenters. The first-order chi connectivity index (χ1) is 14.0. The molecule has 0 aliphatic heterocycles. The Hall–Kier alpha value is -2.82. The molecule has 0 saturated carbocycles. The molecule has 29 heavy (non-hydrogen) atoms. The third-order valence-electron chi connectivity index (χ3n) is 5.04. The number of carbonyl (C=O) groups is 1. The van der Waals surface area contributed by atoms with Gasteiger partial charge < -0.3 is 5.32 Å². The lowest BCUT2D eigenvalue weighted by atomic mass is 9.99. The lowest BCUT2D eigenvalue weighted by Crippen LogP contribution is -2.27. The van der Waals surface area contributed by atoms with E-state index in [0.29, 0.717) is 15.6 Å². The van der Waals surface area contributed by atoms with E-state index in [1.807, 2.05) is 44.2 Å². The van der Waals surface area contributed by atoms with Crippen LogP contribution < -0.4 is 5.32 Å². The number of hydrogen-bond acceptors (Lipinski definition) is 2. The predicted octanol–water partition coefficient (Wildman–Crippen LogP) is 6.13. The van der Waals surface area contributed by atoms with Gasteiger partial charge in [-0.1, -0.05) is 65.7 Å². The smallest absolute Gasteiger partial charge is 0.255 e. The van der Waals surface area contributed by atoms with Gasteiger partial charge in [0.05, 0.1) is 39.2 Å². The van der Waals surface area contributed by atoms with Crippen LogP contribution in [0, 0.1) is 6.92 Å². The maximum absolute atomic E-state index is 12.9. The molecule has 4 nitrogen and oxygen atoms in total. The Kier molecular flexibility index (Phi) is 5.31. The standard InChI is InChI=1S/C23H19Cl2N3O/c1-14(18-9-5-7-16-6-3-4-8-19(16)18)27-23(29)20-13-26-28(15(20)2)17-10-11-21(24)22(25)12-17/h3-14H,1-2H3,(H,27,29)/t14-/m0/s1. The fourth-order valence-electron chi connectivity index (χ4n) is 3.49. The summed E-state index contributed by atoms with van der Waals surface area (Å²) < 4.78 is 1.68. The van der Waals surface area contributed by atoms with Gasteiger partial charge in [0.15, 0.2) is 0 Å². The number of hydrogen-bond donors (Lipinski definition) is 1. The summed E-state index contributed by atoms with van der Waals surface area (Å²) in [5, 5.41) is 10.6. The Morgan fingerprint density at radius 1 is 1.03 bits per heavy atom. The molecule has 3 aromatic carbocycles. The maximum Gasteiger partial charge on any atom is 0.255 e. The lowest BCUT2D eigenvalue weighted by Gasteiger charge is -2.16. The largest absolute Gasteiger partial charge is 0.345 e. The van der Waals surface area contributed by atoms with E-state index in [-0.39, 0.29) is 11.9 Å². The van der Waals surface area contributed by atoms with Crippen LogP contribution in [0.1, 0.15) is 34.6 Å². The van der Waals surface area contributed by atoms with Gasteiger partial charge in [-0.3, -0.25) is 4.79 Å². The van der Waals surface area contributed by atoms with Crippen LogP contribution >= 0.6 is 23.2 Å². The molecule has 1 amide bonds. The van der Waals surface area contributed by atoms with Crippen LogP contribution in [0.2, 0.25) is 10.0 Å². The number of rotatable bonds is 4. The van der Waals surface area contributed by atoms with Gasteiger partial charge in [-0.15, -0.1) is 0 Å². The molecule has 0 spiro atoms. The average molecular weight is 424 g/mol. The lowest BCUT2D eigenvalue weighted by molar-refractivity contribution is 0.0939. The molecule has 1 heterocycles. The van der Waals surface area contributed by atoms with Crippen molar-refractivity contribution in [3.8, 4) is 5.69 Å². The molecule has 0 radical (unpaired) electrons. The van der Waals surface area contributed by atoms with Crippen LogP contribution in [0.25, 0.3) is 16.5 Å². The van der Waals surface area contributed by atoms with Gasteiger partial charge in [-0.25, -0.2) is 4.68 Å². The molecule has 0 saturated heterocycles. The summed E-state index contributed by atoms with van der Waals surface area (Å²) >= 11 is 12.1. The second-order valence-electron chi connectivity index (χ2n) is 6.92. The Morgan fingerprint density at radius 3 is 2.59 bits per heavy atom. The Bertz CT molecular complexity index is 1210. The highest BCUT2D eigenvalue weighted by Crippen LogP contribution is 2.26. The van der Waals surface area contributed by atoms with Crippen LogP contribution in [0.3, 0.4) is 0 Å². The van der Waals surface area contributed by atoms with E-state index < -0.39 is 0 Å². The third-order valence-corrected chi connectivity index (χ3v) is 5.78. The van der Waals surface area contributed by atoms with Crippen molar-refractivity contribution in [2.24, 2.45) is 0 Å². The van der Waals surface area contributed by atoms with Crippen molar-refractivity contribution in [2.45, 2.75) is 19.9 Å². The molecule has 0 unspecified atom stereocenters. The Labute approximate surface area is 179 Å². The molecule has 0 fully saturated rings. The van der Waals surface area contributed by atoms with Crippen LogP contribution in [0.5, 0.6) is 0 Å². The quantitative estimate of drug-likeness (QED) is 0.428. The van der Waals surface area contributed by atoms with Gasteiger partial charge in [0, 0.05) is 0 Å². The number of fused-ring (bicyclic) bond motifs is 1. The van der Waals surface area contributed by atoms with Crippen LogP contribution in [0.4, 0.5) is 0 Å². The fourth-order valence-corrected chi connectivity index (χ4v) is 3.78. The molecular weight excluding hydrogens is 405 g/mol. The van der Waals surface area contributed by atoms with E-state index in [4.69, 9.17) is 23.2 Å². The van der Waals surface area contributed by atoms with E-state index in [1.165, 1.54) is 0 Å². The third kappa shape index (κ3) is 3.74. The van der Waals surface area contributed by atoms with Crippen molar-refractivity contribution in [1.29, 1.82) is 0 Å². The molecule has 1 aromatic heterocycles. The summed E-state index contributed by atoms with van der Waals surface area (Å²) in [6.07, 6.45) is 1.57. The van der Waals surface area contributed by atoms with Crippen LogP contribution in [-0.2, 0) is 0 Å². The van der Waals surface area contributed by atoms with Crippen molar-refractivity contribution in [1.82, 2.24) is 15.1 Å². The number of nitrogens with zero attached hydrogens (tertiary/aromatic N) is 2. The second-order valence-corrected chi connectivity index (χ2v) is 7.73. The van der Waals surface area contributed by atoms with Gasteiger partial charge >= 0.3 is 0 Å². The molecule has 6 heteroatoms. The molecule has 1 N–H and O–H groups in total. The predicted molar refractivity (Wildman–Crippen MR) is 118 cm³/mol. The van der Waals surface area contributed by atoms with Crippen molar-refractivity contribution in [3.63, 3.8) is 0 Å². The highest BCUT2D eigenvalue weighted by molar-refractivity contribution is 6.42. The molecular formula is C23H19Cl2N3O. The zero-order valence-electron chi connectivity index (χ0n) is 16.0. The van der Waals surface area contributed by atoms with E-state index in [1.54, 1.807) is 23.0 Å².